The van der Waals surface area contributed by atoms with Gasteiger partial charge in [-0.15, -0.1) is 0 Å². The molecule has 17 heavy (non-hydrogen) atoms. The van der Waals surface area contributed by atoms with Gasteiger partial charge in [0.05, 0.1) is 12.1 Å². The lowest BCUT2D eigenvalue weighted by atomic mass is 10.3. The third kappa shape index (κ3) is 2.36. The predicted octanol–water partition coefficient (Wildman–Crippen LogP) is 1.67. The Bertz CT molecular complexity index is 502. The monoisotopic (exact) mass is 235 g/mol. The largest absolute Gasteiger partial charge is 0.377 e. The molecule has 1 aliphatic rings. The summed E-state index contributed by atoms with van der Waals surface area (Å²) in [6.07, 6.45) is 2.84. The molecule has 0 unspecified atom stereocenters. The van der Waals surface area contributed by atoms with E-state index in [4.69, 9.17) is 13.8 Å². The zero-order valence-electron chi connectivity index (χ0n) is 9.55. The Balaban J connectivity index is 1.67. The summed E-state index contributed by atoms with van der Waals surface area (Å²) in [5.74, 6) is 2.61. The maximum absolute atomic E-state index is 5.17. The topological polar surface area (TPSA) is 74.2 Å². The molecule has 0 bridgehead atoms. The van der Waals surface area contributed by atoms with Crippen LogP contribution in [0.1, 0.15) is 41.9 Å². The molecule has 1 fully saturated rings. The van der Waals surface area contributed by atoms with Crippen LogP contribution in [0.25, 0.3) is 0 Å². The highest BCUT2D eigenvalue weighted by molar-refractivity contribution is 5.11. The van der Waals surface area contributed by atoms with Crippen LogP contribution in [0.2, 0.25) is 0 Å². The number of methoxy groups -OCH3 is 1. The van der Waals surface area contributed by atoms with E-state index in [0.717, 1.165) is 11.5 Å². The quantitative estimate of drug-likeness (QED) is 0.784. The number of rotatable bonds is 5. The van der Waals surface area contributed by atoms with E-state index in [-0.39, 0.29) is 0 Å². The smallest absolute Gasteiger partial charge is 0.232 e. The molecule has 2 aromatic rings. The van der Waals surface area contributed by atoms with Crippen LogP contribution in [0.3, 0.4) is 0 Å². The van der Waals surface area contributed by atoms with Gasteiger partial charge in [0.25, 0.3) is 0 Å². The molecule has 2 heterocycles. The van der Waals surface area contributed by atoms with Gasteiger partial charge in [-0.2, -0.15) is 4.98 Å². The van der Waals surface area contributed by atoms with Crippen LogP contribution in [-0.2, 0) is 17.8 Å². The minimum absolute atomic E-state index is 0.421. The summed E-state index contributed by atoms with van der Waals surface area (Å²) >= 11 is 0. The van der Waals surface area contributed by atoms with E-state index in [2.05, 4.69) is 15.3 Å². The Morgan fingerprint density at radius 2 is 2.24 bits per heavy atom. The molecule has 1 aliphatic carbocycles. The molecule has 1 saturated carbocycles. The molecule has 0 aliphatic heterocycles. The van der Waals surface area contributed by atoms with Gasteiger partial charge in [0.15, 0.2) is 11.6 Å². The molecular formula is C11H13N3O3. The molecule has 2 aromatic heterocycles. The van der Waals surface area contributed by atoms with Crippen molar-refractivity contribution in [2.24, 2.45) is 0 Å². The van der Waals surface area contributed by atoms with Gasteiger partial charge in [-0.05, 0) is 12.8 Å². The minimum atomic E-state index is 0.421. The first-order valence-corrected chi connectivity index (χ1v) is 5.61. The van der Waals surface area contributed by atoms with Gasteiger partial charge in [0.1, 0.15) is 6.61 Å². The van der Waals surface area contributed by atoms with Crippen LogP contribution in [-0.4, -0.2) is 22.4 Å². The molecule has 0 aromatic carbocycles. The van der Waals surface area contributed by atoms with Crippen LogP contribution >= 0.6 is 0 Å². The average Bonchev–Trinajstić information content (AvgIpc) is 2.92. The minimum Gasteiger partial charge on any atom is -0.377 e. The summed E-state index contributed by atoms with van der Waals surface area (Å²) in [6, 6.07) is 1.84. The Morgan fingerprint density at radius 3 is 3.00 bits per heavy atom. The average molecular weight is 235 g/mol. The van der Waals surface area contributed by atoms with Gasteiger partial charge in [-0.25, -0.2) is 0 Å². The summed E-state index contributed by atoms with van der Waals surface area (Å²) in [5, 5.41) is 7.87. The first-order chi connectivity index (χ1) is 8.35. The number of nitrogens with zero attached hydrogens (tertiary/aromatic N) is 3. The van der Waals surface area contributed by atoms with Gasteiger partial charge in [0, 0.05) is 19.1 Å². The normalized spacial score (nSPS) is 15.4. The van der Waals surface area contributed by atoms with Crippen molar-refractivity contribution in [2.75, 3.05) is 7.11 Å². The van der Waals surface area contributed by atoms with Crippen molar-refractivity contribution >= 4 is 0 Å². The molecule has 0 spiro atoms. The first kappa shape index (κ1) is 10.5. The van der Waals surface area contributed by atoms with Gasteiger partial charge in [-0.1, -0.05) is 10.3 Å². The van der Waals surface area contributed by atoms with Crippen LogP contribution < -0.4 is 0 Å². The lowest BCUT2D eigenvalue weighted by Crippen LogP contribution is -1.89. The molecule has 0 amide bonds. The third-order valence-electron chi connectivity index (χ3n) is 2.65. The predicted molar refractivity (Wildman–Crippen MR) is 56.3 cm³/mol. The third-order valence-corrected chi connectivity index (χ3v) is 2.65. The van der Waals surface area contributed by atoms with Gasteiger partial charge < -0.3 is 13.8 Å². The summed E-state index contributed by atoms with van der Waals surface area (Å²) in [5.41, 5.74) is 0.781. The van der Waals surface area contributed by atoms with Crippen molar-refractivity contribution in [1.82, 2.24) is 15.3 Å². The van der Waals surface area contributed by atoms with E-state index in [9.17, 15) is 0 Å². The zero-order chi connectivity index (χ0) is 11.7. The Hall–Kier alpha value is -1.69. The van der Waals surface area contributed by atoms with E-state index in [1.165, 1.54) is 12.8 Å². The standard InChI is InChI=1S/C11H13N3O3/c1-15-6-9-4-8(13-16-9)5-10-12-11(14-17-10)7-2-3-7/h4,7H,2-3,5-6H2,1H3. The number of hydrogen-bond acceptors (Lipinski definition) is 6. The van der Waals surface area contributed by atoms with E-state index < -0.39 is 0 Å². The fraction of sp³-hybridized carbons (Fsp3) is 0.545. The number of aromatic nitrogens is 3. The van der Waals surface area contributed by atoms with Crippen LogP contribution in [0, 0.1) is 0 Å². The van der Waals surface area contributed by atoms with Crippen molar-refractivity contribution < 1.29 is 13.8 Å². The Labute approximate surface area is 97.9 Å². The van der Waals surface area contributed by atoms with Crippen molar-refractivity contribution in [1.29, 1.82) is 0 Å². The number of hydrogen-bond donors (Lipinski definition) is 0. The maximum Gasteiger partial charge on any atom is 0.232 e. The first-order valence-electron chi connectivity index (χ1n) is 5.61. The van der Waals surface area contributed by atoms with E-state index in [1.807, 2.05) is 6.07 Å². The van der Waals surface area contributed by atoms with Gasteiger partial charge in [-0.3, -0.25) is 0 Å². The molecule has 3 rings (SSSR count). The lowest BCUT2D eigenvalue weighted by Gasteiger charge is -1.87. The molecule has 0 N–H and O–H groups in total. The van der Waals surface area contributed by atoms with Crippen LogP contribution in [0.4, 0.5) is 0 Å². The second-order valence-electron chi connectivity index (χ2n) is 4.21. The Morgan fingerprint density at radius 1 is 1.35 bits per heavy atom. The van der Waals surface area contributed by atoms with Crippen molar-refractivity contribution in [3.63, 3.8) is 0 Å². The van der Waals surface area contributed by atoms with E-state index in [0.29, 0.717) is 30.6 Å². The van der Waals surface area contributed by atoms with Crippen LogP contribution in [0.15, 0.2) is 15.1 Å². The second-order valence-corrected chi connectivity index (χ2v) is 4.21. The highest BCUT2D eigenvalue weighted by Crippen LogP contribution is 2.38. The lowest BCUT2D eigenvalue weighted by molar-refractivity contribution is 0.156. The summed E-state index contributed by atoms with van der Waals surface area (Å²) in [6.45, 7) is 0.421. The molecule has 90 valence electrons. The summed E-state index contributed by atoms with van der Waals surface area (Å²) < 4.78 is 15.2. The van der Waals surface area contributed by atoms with Crippen LogP contribution in [0.5, 0.6) is 0 Å². The maximum atomic E-state index is 5.17. The van der Waals surface area contributed by atoms with Gasteiger partial charge >= 0.3 is 0 Å². The molecule has 0 radical (unpaired) electrons. The van der Waals surface area contributed by atoms with Crippen molar-refractivity contribution in [3.05, 3.63) is 29.2 Å². The molecular weight excluding hydrogens is 222 g/mol. The highest BCUT2D eigenvalue weighted by Gasteiger charge is 2.28. The molecule has 0 atom stereocenters. The van der Waals surface area contributed by atoms with Crippen molar-refractivity contribution in [3.8, 4) is 0 Å². The molecule has 6 nitrogen and oxygen atoms in total. The fourth-order valence-corrected chi connectivity index (χ4v) is 1.65. The van der Waals surface area contributed by atoms with E-state index in [1.54, 1.807) is 7.11 Å². The fourth-order valence-electron chi connectivity index (χ4n) is 1.65. The Kier molecular flexibility index (Phi) is 2.64. The summed E-state index contributed by atoms with van der Waals surface area (Å²) in [4.78, 5) is 4.33. The molecule has 0 saturated heterocycles. The van der Waals surface area contributed by atoms with E-state index >= 15 is 0 Å². The highest BCUT2D eigenvalue weighted by atomic mass is 16.5. The van der Waals surface area contributed by atoms with Gasteiger partial charge in [0.2, 0.25) is 5.89 Å². The molecule has 6 heteroatoms. The zero-order valence-corrected chi connectivity index (χ0v) is 9.55. The second kappa shape index (κ2) is 4.29. The summed E-state index contributed by atoms with van der Waals surface area (Å²) in [7, 11) is 1.61. The SMILES string of the molecule is COCc1cc(Cc2nc(C3CC3)no2)no1. The van der Waals surface area contributed by atoms with Crippen molar-refractivity contribution in [2.45, 2.75) is 31.8 Å². The number of ether oxygens (including phenoxy) is 1.